The minimum atomic E-state index is 0.125. The fourth-order valence-corrected chi connectivity index (χ4v) is 1.97. The molecule has 1 aromatic carbocycles. The molecule has 3 heteroatoms. The Hall–Kier alpha value is -1.22. The molecule has 1 rings (SSSR count). The normalized spacial score (nSPS) is 12.4. The van der Waals surface area contributed by atoms with Crippen LogP contribution in [0.3, 0.4) is 0 Å². The van der Waals surface area contributed by atoms with Crippen LogP contribution in [0.4, 0.5) is 0 Å². The monoisotopic (exact) mass is 223 g/mol. The molecule has 0 amide bonds. The van der Waals surface area contributed by atoms with Crippen molar-refractivity contribution in [3.63, 3.8) is 0 Å². The molecule has 0 aromatic heterocycles. The molecule has 0 radical (unpaired) electrons. The van der Waals surface area contributed by atoms with Crippen LogP contribution in [0.1, 0.15) is 23.6 Å². The van der Waals surface area contributed by atoms with E-state index in [-0.39, 0.29) is 6.04 Å². The average molecular weight is 223 g/mol. The van der Waals surface area contributed by atoms with Gasteiger partial charge in [-0.3, -0.25) is 0 Å². The van der Waals surface area contributed by atoms with Gasteiger partial charge in [-0.25, -0.2) is 0 Å². The third-order valence-electron chi connectivity index (χ3n) is 2.76. The second-order valence-electron chi connectivity index (χ2n) is 4.21. The van der Waals surface area contributed by atoms with Gasteiger partial charge in [0.15, 0.2) is 0 Å². The zero-order chi connectivity index (χ0) is 12.3. The predicted molar refractivity (Wildman–Crippen MR) is 66.4 cm³/mol. The van der Waals surface area contributed by atoms with Gasteiger partial charge in [0, 0.05) is 11.6 Å². The highest BCUT2D eigenvalue weighted by Gasteiger charge is 2.15. The van der Waals surface area contributed by atoms with Crippen LogP contribution in [0.2, 0.25) is 0 Å². The van der Waals surface area contributed by atoms with Crippen molar-refractivity contribution in [3.8, 4) is 11.5 Å². The Morgan fingerprint density at radius 3 is 2.31 bits per heavy atom. The summed E-state index contributed by atoms with van der Waals surface area (Å²) in [7, 11) is 3.36. The van der Waals surface area contributed by atoms with Gasteiger partial charge in [0.1, 0.15) is 11.5 Å². The number of benzene rings is 1. The molecule has 90 valence electrons. The van der Waals surface area contributed by atoms with Gasteiger partial charge < -0.3 is 15.2 Å². The first-order valence-corrected chi connectivity index (χ1v) is 5.47. The van der Waals surface area contributed by atoms with Gasteiger partial charge in [0.25, 0.3) is 0 Å². The SMILES string of the molecule is COc1cc(C)c(CC(C)N)c(OC)c1C. The molecular weight excluding hydrogens is 202 g/mol. The summed E-state index contributed by atoms with van der Waals surface area (Å²) < 4.78 is 10.8. The van der Waals surface area contributed by atoms with Crippen LogP contribution < -0.4 is 15.2 Å². The van der Waals surface area contributed by atoms with Crippen molar-refractivity contribution >= 4 is 0 Å². The van der Waals surface area contributed by atoms with Crippen molar-refractivity contribution in [2.45, 2.75) is 33.2 Å². The number of hydrogen-bond donors (Lipinski definition) is 1. The van der Waals surface area contributed by atoms with Crippen LogP contribution in [0.15, 0.2) is 6.07 Å². The summed E-state index contributed by atoms with van der Waals surface area (Å²) >= 11 is 0. The molecule has 0 aliphatic carbocycles. The highest BCUT2D eigenvalue weighted by atomic mass is 16.5. The van der Waals surface area contributed by atoms with Crippen LogP contribution in [0.25, 0.3) is 0 Å². The summed E-state index contributed by atoms with van der Waals surface area (Å²) in [5.41, 5.74) is 9.22. The Balaban J connectivity index is 3.31. The molecule has 2 N–H and O–H groups in total. The number of hydrogen-bond acceptors (Lipinski definition) is 3. The molecule has 0 saturated heterocycles. The van der Waals surface area contributed by atoms with Gasteiger partial charge in [-0.1, -0.05) is 0 Å². The van der Waals surface area contributed by atoms with Crippen molar-refractivity contribution < 1.29 is 9.47 Å². The summed E-state index contributed by atoms with van der Waals surface area (Å²) in [5, 5.41) is 0. The highest BCUT2D eigenvalue weighted by Crippen LogP contribution is 2.34. The fraction of sp³-hybridized carbons (Fsp3) is 0.538. The lowest BCUT2D eigenvalue weighted by Gasteiger charge is -2.18. The molecule has 0 aliphatic rings. The Morgan fingerprint density at radius 2 is 1.88 bits per heavy atom. The smallest absolute Gasteiger partial charge is 0.128 e. The van der Waals surface area contributed by atoms with E-state index >= 15 is 0 Å². The molecule has 1 unspecified atom stereocenters. The van der Waals surface area contributed by atoms with E-state index in [1.165, 1.54) is 5.56 Å². The number of nitrogens with two attached hydrogens (primary N) is 1. The molecule has 0 spiro atoms. The topological polar surface area (TPSA) is 44.5 Å². The van der Waals surface area contributed by atoms with E-state index in [0.717, 1.165) is 29.0 Å². The van der Waals surface area contributed by atoms with E-state index in [1.807, 2.05) is 19.9 Å². The summed E-state index contributed by atoms with van der Waals surface area (Å²) in [4.78, 5) is 0. The van der Waals surface area contributed by atoms with E-state index in [9.17, 15) is 0 Å². The quantitative estimate of drug-likeness (QED) is 0.851. The number of methoxy groups -OCH3 is 2. The van der Waals surface area contributed by atoms with Gasteiger partial charge in [0.05, 0.1) is 14.2 Å². The summed E-state index contributed by atoms with van der Waals surface area (Å²) in [6.45, 7) is 6.06. The summed E-state index contributed by atoms with van der Waals surface area (Å²) in [5.74, 6) is 1.76. The van der Waals surface area contributed by atoms with Crippen LogP contribution >= 0.6 is 0 Å². The second-order valence-corrected chi connectivity index (χ2v) is 4.21. The van der Waals surface area contributed by atoms with Crippen LogP contribution in [0, 0.1) is 13.8 Å². The Kier molecular flexibility index (Phi) is 4.19. The zero-order valence-electron chi connectivity index (χ0n) is 10.8. The molecular formula is C13H21NO2. The predicted octanol–water partition coefficient (Wildman–Crippen LogP) is 2.21. The van der Waals surface area contributed by atoms with Crippen LogP contribution in [-0.4, -0.2) is 20.3 Å². The minimum absolute atomic E-state index is 0.125. The molecule has 0 fully saturated rings. The first-order chi connectivity index (χ1) is 7.51. The number of aryl methyl sites for hydroxylation is 1. The largest absolute Gasteiger partial charge is 0.496 e. The van der Waals surface area contributed by atoms with Crippen molar-refractivity contribution in [2.24, 2.45) is 5.73 Å². The van der Waals surface area contributed by atoms with Gasteiger partial charge >= 0.3 is 0 Å². The first kappa shape index (κ1) is 12.8. The molecule has 0 heterocycles. The third-order valence-corrected chi connectivity index (χ3v) is 2.76. The van der Waals surface area contributed by atoms with E-state index in [4.69, 9.17) is 15.2 Å². The maximum atomic E-state index is 5.85. The Bertz CT molecular complexity index is 373. The minimum Gasteiger partial charge on any atom is -0.496 e. The number of ether oxygens (including phenoxy) is 2. The van der Waals surface area contributed by atoms with Crippen molar-refractivity contribution in [1.29, 1.82) is 0 Å². The van der Waals surface area contributed by atoms with Crippen molar-refractivity contribution in [3.05, 3.63) is 22.8 Å². The average Bonchev–Trinajstić information content (AvgIpc) is 2.23. The third kappa shape index (κ3) is 2.47. The maximum absolute atomic E-state index is 5.85. The lowest BCUT2D eigenvalue weighted by atomic mass is 9.97. The second kappa shape index (κ2) is 5.21. The van der Waals surface area contributed by atoms with Gasteiger partial charge in [-0.2, -0.15) is 0 Å². The van der Waals surface area contributed by atoms with Gasteiger partial charge in [-0.15, -0.1) is 0 Å². The molecule has 16 heavy (non-hydrogen) atoms. The standard InChI is InChI=1S/C13H21NO2/c1-8-6-12(15-4)10(3)13(16-5)11(8)7-9(2)14/h6,9H,7,14H2,1-5H3. The zero-order valence-corrected chi connectivity index (χ0v) is 10.8. The van der Waals surface area contributed by atoms with Crippen LogP contribution in [-0.2, 0) is 6.42 Å². The lowest BCUT2D eigenvalue weighted by molar-refractivity contribution is 0.384. The van der Waals surface area contributed by atoms with E-state index < -0.39 is 0 Å². The van der Waals surface area contributed by atoms with Crippen molar-refractivity contribution in [2.75, 3.05) is 14.2 Å². The molecule has 1 aromatic rings. The number of rotatable bonds is 4. The summed E-state index contributed by atoms with van der Waals surface area (Å²) in [6, 6.07) is 2.16. The molecule has 0 aliphatic heterocycles. The fourth-order valence-electron chi connectivity index (χ4n) is 1.97. The van der Waals surface area contributed by atoms with E-state index in [2.05, 4.69) is 6.92 Å². The highest BCUT2D eigenvalue weighted by molar-refractivity contribution is 5.53. The summed E-state index contributed by atoms with van der Waals surface area (Å²) in [6.07, 6.45) is 0.819. The Morgan fingerprint density at radius 1 is 1.25 bits per heavy atom. The molecule has 0 saturated carbocycles. The van der Waals surface area contributed by atoms with Crippen molar-refractivity contribution in [1.82, 2.24) is 0 Å². The van der Waals surface area contributed by atoms with Gasteiger partial charge in [0.2, 0.25) is 0 Å². The molecule has 0 bridgehead atoms. The maximum Gasteiger partial charge on any atom is 0.128 e. The van der Waals surface area contributed by atoms with E-state index in [1.54, 1.807) is 14.2 Å². The first-order valence-electron chi connectivity index (χ1n) is 5.47. The molecule has 1 atom stereocenters. The van der Waals surface area contributed by atoms with Crippen LogP contribution in [0.5, 0.6) is 11.5 Å². The van der Waals surface area contributed by atoms with E-state index in [0.29, 0.717) is 0 Å². The molecule has 3 nitrogen and oxygen atoms in total. The van der Waals surface area contributed by atoms with Gasteiger partial charge in [-0.05, 0) is 44.4 Å². The lowest BCUT2D eigenvalue weighted by Crippen LogP contribution is -2.19. The Labute approximate surface area is 97.6 Å².